The van der Waals surface area contributed by atoms with Crippen LogP contribution in [0.5, 0.6) is 0 Å². The van der Waals surface area contributed by atoms with Crippen molar-refractivity contribution in [3.8, 4) is 11.4 Å². The Labute approximate surface area is 107 Å². The average molecular weight is 240 g/mol. The van der Waals surface area contributed by atoms with E-state index in [2.05, 4.69) is 29.1 Å². The summed E-state index contributed by atoms with van der Waals surface area (Å²) < 4.78 is 0. The minimum absolute atomic E-state index is 0.804. The summed E-state index contributed by atoms with van der Waals surface area (Å²) in [6.45, 7) is 6.00. The van der Waals surface area contributed by atoms with Gasteiger partial charge in [-0.25, -0.2) is 9.97 Å². The highest BCUT2D eigenvalue weighted by molar-refractivity contribution is 5.59. The molecule has 1 N–H and O–H groups in total. The minimum Gasteiger partial charge on any atom is -0.312 e. The van der Waals surface area contributed by atoms with Gasteiger partial charge in [0.05, 0.1) is 5.69 Å². The molecule has 0 spiro atoms. The van der Waals surface area contributed by atoms with Gasteiger partial charge in [0, 0.05) is 48.7 Å². The molecule has 92 valence electrons. The van der Waals surface area contributed by atoms with Gasteiger partial charge >= 0.3 is 0 Å². The summed E-state index contributed by atoms with van der Waals surface area (Å²) in [5, 5.41) is 3.36. The van der Waals surface area contributed by atoms with Crippen LogP contribution in [0.3, 0.4) is 0 Å². The summed E-state index contributed by atoms with van der Waals surface area (Å²) in [6.07, 6.45) is 4.62. The summed E-state index contributed by atoms with van der Waals surface area (Å²) in [7, 11) is 0. The van der Waals surface area contributed by atoms with Gasteiger partial charge in [0.15, 0.2) is 5.82 Å². The Balaban J connectivity index is 2.14. The number of nitrogens with zero attached hydrogens (tertiary/aromatic N) is 3. The lowest BCUT2D eigenvalue weighted by molar-refractivity contribution is 0.622. The van der Waals surface area contributed by atoms with Crippen LogP contribution in [-0.4, -0.2) is 21.5 Å². The number of hydrogen-bond donors (Lipinski definition) is 1. The van der Waals surface area contributed by atoms with Crippen LogP contribution in [0.25, 0.3) is 11.4 Å². The fourth-order valence-corrected chi connectivity index (χ4v) is 2.33. The predicted molar refractivity (Wildman–Crippen MR) is 70.1 cm³/mol. The van der Waals surface area contributed by atoms with Gasteiger partial charge < -0.3 is 5.32 Å². The smallest absolute Gasteiger partial charge is 0.161 e. The van der Waals surface area contributed by atoms with Crippen molar-refractivity contribution in [3.05, 3.63) is 41.0 Å². The number of pyridine rings is 1. The van der Waals surface area contributed by atoms with E-state index in [-0.39, 0.29) is 0 Å². The highest BCUT2D eigenvalue weighted by Gasteiger charge is 2.16. The second-order valence-corrected chi connectivity index (χ2v) is 4.68. The van der Waals surface area contributed by atoms with Crippen molar-refractivity contribution in [1.82, 2.24) is 20.3 Å². The largest absolute Gasteiger partial charge is 0.312 e. The van der Waals surface area contributed by atoms with Crippen molar-refractivity contribution in [1.29, 1.82) is 0 Å². The lowest BCUT2D eigenvalue weighted by Gasteiger charge is -2.19. The molecule has 0 unspecified atom stereocenters. The lowest BCUT2D eigenvalue weighted by Crippen LogP contribution is -2.26. The van der Waals surface area contributed by atoms with Gasteiger partial charge in [-0.2, -0.15) is 0 Å². The zero-order valence-electron chi connectivity index (χ0n) is 10.7. The second-order valence-electron chi connectivity index (χ2n) is 4.68. The van der Waals surface area contributed by atoms with Crippen molar-refractivity contribution in [2.45, 2.75) is 26.8 Å². The molecule has 2 aromatic heterocycles. The van der Waals surface area contributed by atoms with E-state index in [4.69, 9.17) is 4.98 Å². The Morgan fingerprint density at radius 1 is 1.22 bits per heavy atom. The topological polar surface area (TPSA) is 50.7 Å². The van der Waals surface area contributed by atoms with E-state index in [1.54, 1.807) is 6.20 Å². The van der Waals surface area contributed by atoms with Crippen molar-refractivity contribution in [2.75, 3.05) is 6.54 Å². The monoisotopic (exact) mass is 240 g/mol. The van der Waals surface area contributed by atoms with E-state index in [1.807, 2.05) is 12.3 Å². The van der Waals surface area contributed by atoms with E-state index in [9.17, 15) is 0 Å². The molecule has 4 nitrogen and oxygen atoms in total. The summed E-state index contributed by atoms with van der Waals surface area (Å²) in [5.74, 6) is 0.804. The Bertz CT molecular complexity index is 592. The summed E-state index contributed by atoms with van der Waals surface area (Å²) in [6, 6.07) is 2.00. The fraction of sp³-hybridized carbons (Fsp3) is 0.357. The van der Waals surface area contributed by atoms with Crippen molar-refractivity contribution < 1.29 is 0 Å². The molecule has 3 rings (SSSR count). The van der Waals surface area contributed by atoms with Crippen molar-refractivity contribution >= 4 is 0 Å². The lowest BCUT2D eigenvalue weighted by atomic mass is 10.0. The number of nitrogens with one attached hydrogen (secondary N) is 1. The van der Waals surface area contributed by atoms with Crippen LogP contribution in [0.4, 0.5) is 0 Å². The van der Waals surface area contributed by atoms with Gasteiger partial charge in [-0.1, -0.05) is 0 Å². The first-order chi connectivity index (χ1) is 8.75. The predicted octanol–water partition coefficient (Wildman–Crippen LogP) is 1.80. The quantitative estimate of drug-likeness (QED) is 0.825. The fourth-order valence-electron chi connectivity index (χ4n) is 2.33. The van der Waals surface area contributed by atoms with Crippen LogP contribution in [-0.2, 0) is 13.0 Å². The first-order valence-electron chi connectivity index (χ1n) is 6.24. The Hall–Kier alpha value is -1.81. The second kappa shape index (κ2) is 4.46. The normalized spacial score (nSPS) is 14.3. The van der Waals surface area contributed by atoms with Gasteiger partial charge in [0.1, 0.15) is 0 Å². The first kappa shape index (κ1) is 11.3. The molecule has 0 bridgehead atoms. The maximum Gasteiger partial charge on any atom is 0.161 e. The van der Waals surface area contributed by atoms with E-state index < -0.39 is 0 Å². The number of aromatic nitrogens is 3. The third-order valence-electron chi connectivity index (χ3n) is 3.42. The minimum atomic E-state index is 0.804. The van der Waals surface area contributed by atoms with Gasteiger partial charge in [-0.05, 0) is 25.5 Å². The molecule has 1 aliphatic heterocycles. The molecule has 0 saturated heterocycles. The summed E-state index contributed by atoms with van der Waals surface area (Å²) in [4.78, 5) is 13.5. The molecule has 0 atom stereocenters. The summed E-state index contributed by atoms with van der Waals surface area (Å²) in [5.41, 5.74) is 5.71. The molecule has 0 fully saturated rings. The number of hydrogen-bond acceptors (Lipinski definition) is 4. The molecule has 0 aliphatic carbocycles. The molecule has 0 aromatic carbocycles. The number of fused-ring (bicyclic) bond motifs is 1. The van der Waals surface area contributed by atoms with Crippen LogP contribution in [0.15, 0.2) is 18.5 Å². The number of aryl methyl sites for hydroxylation is 2. The molecule has 1 aliphatic rings. The molecule has 3 heterocycles. The first-order valence-corrected chi connectivity index (χ1v) is 6.24. The van der Waals surface area contributed by atoms with Gasteiger partial charge in [0.2, 0.25) is 0 Å². The van der Waals surface area contributed by atoms with E-state index in [0.29, 0.717) is 0 Å². The third kappa shape index (κ3) is 1.88. The zero-order valence-corrected chi connectivity index (χ0v) is 10.7. The van der Waals surface area contributed by atoms with Crippen molar-refractivity contribution in [3.63, 3.8) is 0 Å². The van der Waals surface area contributed by atoms with E-state index in [0.717, 1.165) is 36.6 Å². The van der Waals surface area contributed by atoms with Crippen LogP contribution in [0.2, 0.25) is 0 Å². The Kier molecular flexibility index (Phi) is 2.80. The molecular weight excluding hydrogens is 224 g/mol. The van der Waals surface area contributed by atoms with Crippen LogP contribution < -0.4 is 5.32 Å². The van der Waals surface area contributed by atoms with E-state index in [1.165, 1.54) is 16.8 Å². The standard InChI is InChI=1S/C14H16N4/c1-9-3-5-15-7-11(9)14-17-10(2)12-8-16-6-4-13(12)18-14/h3,5,7,16H,4,6,8H2,1-2H3. The molecular formula is C14H16N4. The molecule has 2 aromatic rings. The molecule has 4 heteroatoms. The van der Waals surface area contributed by atoms with Crippen LogP contribution >= 0.6 is 0 Å². The zero-order chi connectivity index (χ0) is 12.5. The SMILES string of the molecule is Cc1ccncc1-c1nc(C)c2c(n1)CCNC2. The number of rotatable bonds is 1. The Morgan fingerprint density at radius 2 is 2.11 bits per heavy atom. The third-order valence-corrected chi connectivity index (χ3v) is 3.42. The average Bonchev–Trinajstić information content (AvgIpc) is 2.39. The van der Waals surface area contributed by atoms with Crippen LogP contribution in [0, 0.1) is 13.8 Å². The maximum atomic E-state index is 4.71. The van der Waals surface area contributed by atoms with Crippen molar-refractivity contribution in [2.24, 2.45) is 0 Å². The Morgan fingerprint density at radius 3 is 2.94 bits per heavy atom. The maximum absolute atomic E-state index is 4.71. The molecule has 0 radical (unpaired) electrons. The molecule has 0 saturated carbocycles. The van der Waals surface area contributed by atoms with Gasteiger partial charge in [0.25, 0.3) is 0 Å². The molecule has 18 heavy (non-hydrogen) atoms. The highest BCUT2D eigenvalue weighted by atomic mass is 15.0. The molecule has 0 amide bonds. The summed E-state index contributed by atoms with van der Waals surface area (Å²) >= 11 is 0. The highest BCUT2D eigenvalue weighted by Crippen LogP contribution is 2.22. The van der Waals surface area contributed by atoms with E-state index >= 15 is 0 Å². The van der Waals surface area contributed by atoms with Crippen LogP contribution in [0.1, 0.15) is 22.5 Å². The van der Waals surface area contributed by atoms with Gasteiger partial charge in [-0.15, -0.1) is 0 Å². The van der Waals surface area contributed by atoms with Gasteiger partial charge in [-0.3, -0.25) is 4.98 Å².